The first-order chi connectivity index (χ1) is 17.8. The number of esters is 1. The number of carbonyl (C=O) groups excluding carboxylic acids is 1. The van der Waals surface area contributed by atoms with Crippen LogP contribution >= 0.6 is 34.5 Å². The molecule has 1 aliphatic rings. The number of carbonyl (C=O) groups is 1. The predicted octanol–water partition coefficient (Wildman–Crippen LogP) is 4.52. The van der Waals surface area contributed by atoms with Gasteiger partial charge in [-0.1, -0.05) is 65.7 Å². The lowest BCUT2D eigenvalue weighted by Crippen LogP contribution is -2.40. The second kappa shape index (κ2) is 12.1. The lowest BCUT2D eigenvalue weighted by molar-refractivity contribution is -0.140. The number of fused-ring (bicyclic) bond motifs is 1. The third-order valence-corrected chi connectivity index (χ3v) is 7.23. The fourth-order valence-electron chi connectivity index (χ4n) is 3.98. The van der Waals surface area contributed by atoms with Crippen molar-refractivity contribution in [1.82, 2.24) is 4.57 Å². The summed E-state index contributed by atoms with van der Waals surface area (Å²) in [6, 6.07) is 11.7. The summed E-state index contributed by atoms with van der Waals surface area (Å²) in [5, 5.41) is 0.923. The minimum Gasteiger partial charge on any atom is -0.493 e. The molecule has 1 aromatic heterocycles. The number of hydrogen-bond donors (Lipinski definition) is 0. The minimum atomic E-state index is -0.790. The monoisotopic (exact) mass is 560 g/mol. The van der Waals surface area contributed by atoms with E-state index in [4.69, 9.17) is 37.4 Å². The standard InChI is InChI=1S/C27H26Cl2N2O5S/c1-4-11-35-21-8-6-5-7-19(21)24-23(26(33)36-13-12-34-3)16(2)30-27-31(24)25(32)22(37-27)14-17-9-10-18(28)15-20(17)29/h5-10,14-15,24H,4,11-13H2,1-3H3/b22-14+/t24-/m0/s1. The van der Waals surface area contributed by atoms with E-state index in [1.807, 2.05) is 31.2 Å². The predicted molar refractivity (Wildman–Crippen MR) is 145 cm³/mol. The lowest BCUT2D eigenvalue weighted by Gasteiger charge is -2.26. The van der Waals surface area contributed by atoms with Gasteiger partial charge in [-0.05, 0) is 43.2 Å². The summed E-state index contributed by atoms with van der Waals surface area (Å²) in [5.74, 6) is 0.0187. The van der Waals surface area contributed by atoms with Crippen LogP contribution in [0.4, 0.5) is 0 Å². The van der Waals surface area contributed by atoms with Gasteiger partial charge in [0.15, 0.2) is 4.80 Å². The van der Waals surface area contributed by atoms with Gasteiger partial charge in [-0.15, -0.1) is 0 Å². The van der Waals surface area contributed by atoms with E-state index in [1.54, 1.807) is 31.2 Å². The number of hydrogen-bond acceptors (Lipinski definition) is 7. The van der Waals surface area contributed by atoms with Gasteiger partial charge in [0.1, 0.15) is 18.4 Å². The highest BCUT2D eigenvalue weighted by atomic mass is 35.5. The molecule has 0 fully saturated rings. The molecule has 7 nitrogen and oxygen atoms in total. The summed E-state index contributed by atoms with van der Waals surface area (Å²) < 4.78 is 18.4. The molecule has 1 atom stereocenters. The van der Waals surface area contributed by atoms with Crippen molar-refractivity contribution in [3.63, 3.8) is 0 Å². The SMILES string of the molecule is CCCOc1ccccc1[C@H]1C(C(=O)OCCOC)=C(C)N=c2s/c(=C/c3ccc(Cl)cc3Cl)c(=O)n21. The maximum Gasteiger partial charge on any atom is 0.338 e. The summed E-state index contributed by atoms with van der Waals surface area (Å²) in [4.78, 5) is 32.2. The molecule has 4 rings (SSSR count). The first kappa shape index (κ1) is 27.1. The Morgan fingerprint density at radius 1 is 1.16 bits per heavy atom. The fourth-order valence-corrected chi connectivity index (χ4v) is 5.48. The normalized spacial score (nSPS) is 15.4. The number of methoxy groups -OCH3 is 1. The Morgan fingerprint density at radius 3 is 2.68 bits per heavy atom. The van der Waals surface area contributed by atoms with Gasteiger partial charge in [-0.25, -0.2) is 9.79 Å². The Hall–Kier alpha value is -2.91. The quantitative estimate of drug-likeness (QED) is 0.284. The minimum absolute atomic E-state index is 0.0757. The number of allylic oxidation sites excluding steroid dienone is 1. The molecular weight excluding hydrogens is 535 g/mol. The molecular formula is C27H26Cl2N2O5S. The van der Waals surface area contributed by atoms with E-state index >= 15 is 0 Å². The van der Waals surface area contributed by atoms with Gasteiger partial charge < -0.3 is 14.2 Å². The molecule has 2 heterocycles. The first-order valence-corrected chi connectivity index (χ1v) is 13.3. The first-order valence-electron chi connectivity index (χ1n) is 11.7. The van der Waals surface area contributed by atoms with Gasteiger partial charge in [0.25, 0.3) is 5.56 Å². The largest absolute Gasteiger partial charge is 0.493 e. The molecule has 0 amide bonds. The molecule has 0 bridgehead atoms. The summed E-state index contributed by atoms with van der Waals surface area (Å²) in [7, 11) is 1.53. The molecule has 0 unspecified atom stereocenters. The van der Waals surface area contributed by atoms with Crippen LogP contribution in [0, 0.1) is 0 Å². The number of halogens is 2. The van der Waals surface area contributed by atoms with Crippen molar-refractivity contribution in [3.8, 4) is 5.75 Å². The molecule has 1 aliphatic heterocycles. The van der Waals surface area contributed by atoms with Crippen LogP contribution in [0.2, 0.25) is 10.0 Å². The zero-order valence-electron chi connectivity index (χ0n) is 20.6. The molecule has 0 spiro atoms. The zero-order valence-corrected chi connectivity index (χ0v) is 23.0. The second-order valence-corrected chi connectivity index (χ2v) is 10.1. The van der Waals surface area contributed by atoms with E-state index in [1.165, 1.54) is 23.0 Å². The molecule has 0 saturated carbocycles. The Morgan fingerprint density at radius 2 is 1.95 bits per heavy atom. The van der Waals surface area contributed by atoms with Gasteiger partial charge in [0, 0.05) is 22.7 Å². The molecule has 37 heavy (non-hydrogen) atoms. The number of rotatable bonds is 9. The van der Waals surface area contributed by atoms with Crippen molar-refractivity contribution in [1.29, 1.82) is 0 Å². The Bertz CT molecular complexity index is 1530. The summed E-state index contributed by atoms with van der Waals surface area (Å²) in [6.45, 7) is 4.57. The van der Waals surface area contributed by atoms with E-state index in [9.17, 15) is 9.59 Å². The van der Waals surface area contributed by atoms with Crippen molar-refractivity contribution in [2.45, 2.75) is 26.3 Å². The fraction of sp³-hybridized carbons (Fsp3) is 0.296. The van der Waals surface area contributed by atoms with Gasteiger partial charge in [-0.2, -0.15) is 0 Å². The van der Waals surface area contributed by atoms with Gasteiger partial charge in [0.05, 0.1) is 29.0 Å². The smallest absolute Gasteiger partial charge is 0.338 e. The number of benzene rings is 2. The third kappa shape index (κ3) is 5.83. The molecule has 0 aliphatic carbocycles. The van der Waals surface area contributed by atoms with Crippen LogP contribution in [0.1, 0.15) is 37.4 Å². The highest BCUT2D eigenvalue weighted by molar-refractivity contribution is 7.07. The van der Waals surface area contributed by atoms with Crippen LogP contribution in [0.25, 0.3) is 6.08 Å². The maximum atomic E-state index is 13.8. The molecule has 194 valence electrons. The number of ether oxygens (including phenoxy) is 3. The average Bonchev–Trinajstić information content (AvgIpc) is 3.18. The molecule has 2 aromatic carbocycles. The van der Waals surface area contributed by atoms with E-state index in [0.717, 1.165) is 6.42 Å². The van der Waals surface area contributed by atoms with Crippen LogP contribution in [0.15, 0.2) is 63.5 Å². The Balaban J connectivity index is 1.92. The lowest BCUT2D eigenvalue weighted by atomic mass is 9.95. The third-order valence-electron chi connectivity index (χ3n) is 5.69. The molecule has 0 radical (unpaired) electrons. The number of nitrogens with zero attached hydrogens (tertiary/aromatic N) is 2. The van der Waals surface area contributed by atoms with E-state index in [-0.39, 0.29) is 24.3 Å². The van der Waals surface area contributed by atoms with Crippen molar-refractivity contribution >= 4 is 46.6 Å². The van der Waals surface area contributed by atoms with Crippen molar-refractivity contribution in [2.75, 3.05) is 26.9 Å². The summed E-state index contributed by atoms with van der Waals surface area (Å²) >= 11 is 13.6. The zero-order chi connectivity index (χ0) is 26.5. The number of thiazole rings is 1. The molecule has 3 aromatic rings. The average molecular weight is 561 g/mol. The molecule has 0 saturated heterocycles. The van der Waals surface area contributed by atoms with Crippen LogP contribution in [-0.2, 0) is 14.3 Å². The number of para-hydroxylation sites is 1. The van der Waals surface area contributed by atoms with Crippen LogP contribution in [0.3, 0.4) is 0 Å². The highest BCUT2D eigenvalue weighted by Crippen LogP contribution is 2.36. The van der Waals surface area contributed by atoms with Crippen LogP contribution in [-0.4, -0.2) is 37.5 Å². The van der Waals surface area contributed by atoms with Gasteiger partial charge in [-0.3, -0.25) is 9.36 Å². The van der Waals surface area contributed by atoms with E-state index in [0.29, 0.717) is 48.6 Å². The van der Waals surface area contributed by atoms with Crippen LogP contribution in [0.5, 0.6) is 5.75 Å². The van der Waals surface area contributed by atoms with Crippen molar-refractivity contribution < 1.29 is 19.0 Å². The van der Waals surface area contributed by atoms with E-state index < -0.39 is 12.0 Å². The van der Waals surface area contributed by atoms with Crippen LogP contribution < -0.4 is 19.6 Å². The summed E-state index contributed by atoms with van der Waals surface area (Å²) in [6.07, 6.45) is 2.51. The summed E-state index contributed by atoms with van der Waals surface area (Å²) in [5.41, 5.74) is 1.75. The Labute approximate surface area is 228 Å². The number of aromatic nitrogens is 1. The van der Waals surface area contributed by atoms with E-state index in [2.05, 4.69) is 4.99 Å². The van der Waals surface area contributed by atoms with Gasteiger partial charge in [0.2, 0.25) is 0 Å². The Kier molecular flexibility index (Phi) is 8.87. The molecule has 0 N–H and O–H groups in total. The topological polar surface area (TPSA) is 79.1 Å². The van der Waals surface area contributed by atoms with Crippen molar-refractivity contribution in [2.24, 2.45) is 4.99 Å². The maximum absolute atomic E-state index is 13.8. The highest BCUT2D eigenvalue weighted by Gasteiger charge is 2.35. The van der Waals surface area contributed by atoms with Gasteiger partial charge >= 0.3 is 5.97 Å². The molecule has 10 heteroatoms. The van der Waals surface area contributed by atoms with Crippen molar-refractivity contribution in [3.05, 3.63) is 94.6 Å². The second-order valence-electron chi connectivity index (χ2n) is 8.26.